The van der Waals surface area contributed by atoms with Crippen LogP contribution in [0.2, 0.25) is 0 Å². The minimum absolute atomic E-state index is 0.530. The topological polar surface area (TPSA) is 0 Å². The lowest BCUT2D eigenvalue weighted by Gasteiger charge is -2.10. The van der Waals surface area contributed by atoms with Crippen LogP contribution in [0.3, 0.4) is 0 Å². The van der Waals surface area contributed by atoms with Gasteiger partial charge >= 0.3 is 0 Å². The highest BCUT2D eigenvalue weighted by Crippen LogP contribution is 2.31. The lowest BCUT2D eigenvalue weighted by molar-refractivity contribution is 0.852. The lowest BCUT2D eigenvalue weighted by Crippen LogP contribution is -2.03. The molecule has 0 saturated heterocycles. The van der Waals surface area contributed by atoms with Crippen LogP contribution >= 0.6 is 34.8 Å². The van der Waals surface area contributed by atoms with Crippen molar-refractivity contribution in [3.63, 3.8) is 0 Å². The van der Waals surface area contributed by atoms with Gasteiger partial charge in [-0.25, -0.2) is 0 Å². The average molecular weight is 300 g/mol. The summed E-state index contributed by atoms with van der Waals surface area (Å²) in [7, 11) is 0. The van der Waals surface area contributed by atoms with Crippen molar-refractivity contribution in [2.24, 2.45) is 0 Å². The highest BCUT2D eigenvalue weighted by Gasteiger charge is 2.18. The van der Waals surface area contributed by atoms with E-state index in [0.717, 1.165) is 6.42 Å². The van der Waals surface area contributed by atoms with E-state index in [1.807, 2.05) is 18.2 Å². The largest absolute Gasteiger partial charge is 0.190 e. The zero-order chi connectivity index (χ0) is 13.0. The zero-order valence-electron chi connectivity index (χ0n) is 9.74. The summed E-state index contributed by atoms with van der Waals surface area (Å²) in [6.45, 7) is 0. The molecule has 0 atom stereocenters. The van der Waals surface area contributed by atoms with Gasteiger partial charge in [0.1, 0.15) is 0 Å². The quantitative estimate of drug-likeness (QED) is 0.642. The second-order valence-corrected chi connectivity index (χ2v) is 6.69. The molecule has 2 aromatic rings. The Balaban J connectivity index is 2.07. The van der Waals surface area contributed by atoms with E-state index in [-0.39, 0.29) is 0 Å². The smallest absolute Gasteiger partial charge is 0.0837 e. The van der Waals surface area contributed by atoms with Gasteiger partial charge in [-0.05, 0) is 29.5 Å². The van der Waals surface area contributed by atoms with E-state index in [1.54, 1.807) is 0 Å². The van der Waals surface area contributed by atoms with Crippen LogP contribution < -0.4 is 0 Å². The van der Waals surface area contributed by atoms with Crippen molar-refractivity contribution in [1.82, 2.24) is 0 Å². The molecular formula is C15H13Cl3. The van der Waals surface area contributed by atoms with E-state index in [0.29, 0.717) is 6.42 Å². The Bertz CT molecular complexity index is 483. The molecule has 0 fully saturated rings. The maximum atomic E-state index is 5.74. The monoisotopic (exact) mass is 298 g/mol. The van der Waals surface area contributed by atoms with Crippen molar-refractivity contribution in [3.05, 3.63) is 60.2 Å². The first-order valence-corrected chi connectivity index (χ1v) is 6.89. The van der Waals surface area contributed by atoms with Gasteiger partial charge in [0.05, 0.1) is 0 Å². The first kappa shape index (κ1) is 13.7. The van der Waals surface area contributed by atoms with Crippen molar-refractivity contribution >= 4 is 34.8 Å². The van der Waals surface area contributed by atoms with Gasteiger partial charge in [-0.15, -0.1) is 0 Å². The number of halogens is 3. The standard InChI is InChI=1S/C15H13Cl3/c16-15(17,18)11-10-12-6-8-14(9-7-12)13-4-2-1-3-5-13/h1-9H,10-11H2. The van der Waals surface area contributed by atoms with Gasteiger partial charge in [-0.2, -0.15) is 0 Å². The molecule has 0 radical (unpaired) electrons. The molecule has 0 spiro atoms. The Morgan fingerprint density at radius 1 is 0.722 bits per heavy atom. The minimum Gasteiger partial charge on any atom is -0.0837 e. The summed E-state index contributed by atoms with van der Waals surface area (Å²) in [6, 6.07) is 18.6. The molecule has 0 amide bonds. The van der Waals surface area contributed by atoms with Gasteiger partial charge in [0.2, 0.25) is 0 Å². The van der Waals surface area contributed by atoms with Crippen LogP contribution in [-0.4, -0.2) is 3.79 Å². The van der Waals surface area contributed by atoms with Gasteiger partial charge in [0.25, 0.3) is 0 Å². The fourth-order valence-electron chi connectivity index (χ4n) is 1.78. The first-order valence-electron chi connectivity index (χ1n) is 5.76. The maximum Gasteiger partial charge on any atom is 0.190 e. The number of rotatable bonds is 3. The second kappa shape index (κ2) is 5.97. The summed E-state index contributed by atoms with van der Waals surface area (Å²) in [6.07, 6.45) is 1.30. The molecule has 0 aromatic heterocycles. The highest BCUT2D eigenvalue weighted by molar-refractivity contribution is 6.67. The third kappa shape index (κ3) is 4.20. The summed E-state index contributed by atoms with van der Waals surface area (Å²) in [5.74, 6) is 0. The predicted molar refractivity (Wildman–Crippen MR) is 80.5 cm³/mol. The molecule has 0 aliphatic rings. The summed E-state index contributed by atoms with van der Waals surface area (Å²) >= 11 is 17.2. The van der Waals surface area contributed by atoms with Crippen LogP contribution in [0, 0.1) is 0 Å². The summed E-state index contributed by atoms with van der Waals surface area (Å²) < 4.78 is -1.17. The van der Waals surface area contributed by atoms with E-state index in [9.17, 15) is 0 Å². The van der Waals surface area contributed by atoms with Crippen molar-refractivity contribution < 1.29 is 0 Å². The molecule has 0 saturated carbocycles. The third-order valence-corrected chi connectivity index (χ3v) is 3.33. The van der Waals surface area contributed by atoms with Crippen molar-refractivity contribution in [2.75, 3.05) is 0 Å². The number of aryl methyl sites for hydroxylation is 1. The van der Waals surface area contributed by atoms with Crippen LogP contribution in [0.5, 0.6) is 0 Å². The van der Waals surface area contributed by atoms with Crippen LogP contribution in [0.4, 0.5) is 0 Å². The molecule has 0 bridgehead atoms. The Morgan fingerprint density at radius 3 is 1.83 bits per heavy atom. The van der Waals surface area contributed by atoms with E-state index in [4.69, 9.17) is 34.8 Å². The lowest BCUT2D eigenvalue weighted by atomic mass is 10.0. The first-order chi connectivity index (χ1) is 8.54. The molecule has 0 aliphatic carbocycles. The average Bonchev–Trinajstić information content (AvgIpc) is 2.37. The van der Waals surface area contributed by atoms with Crippen LogP contribution in [-0.2, 0) is 6.42 Å². The highest BCUT2D eigenvalue weighted by atomic mass is 35.6. The van der Waals surface area contributed by atoms with Crippen molar-refractivity contribution in [2.45, 2.75) is 16.6 Å². The predicted octanol–water partition coefficient (Wildman–Crippen LogP) is 5.66. The fraction of sp³-hybridized carbons (Fsp3) is 0.200. The molecule has 2 rings (SSSR count). The van der Waals surface area contributed by atoms with Crippen LogP contribution in [0.15, 0.2) is 54.6 Å². The van der Waals surface area contributed by atoms with Crippen LogP contribution in [0.1, 0.15) is 12.0 Å². The zero-order valence-corrected chi connectivity index (χ0v) is 12.0. The van der Waals surface area contributed by atoms with Crippen LogP contribution in [0.25, 0.3) is 11.1 Å². The Kier molecular flexibility index (Phi) is 4.55. The van der Waals surface area contributed by atoms with E-state index >= 15 is 0 Å². The normalized spacial score (nSPS) is 11.5. The molecule has 18 heavy (non-hydrogen) atoms. The molecule has 2 aromatic carbocycles. The molecule has 3 heteroatoms. The number of hydrogen-bond donors (Lipinski definition) is 0. The van der Waals surface area contributed by atoms with E-state index in [2.05, 4.69) is 36.4 Å². The number of alkyl halides is 3. The molecule has 0 N–H and O–H groups in total. The Labute approximate surface area is 122 Å². The molecule has 0 unspecified atom stereocenters. The van der Waals surface area contributed by atoms with E-state index in [1.165, 1.54) is 16.7 Å². The molecular weight excluding hydrogens is 287 g/mol. The SMILES string of the molecule is ClC(Cl)(Cl)CCc1ccc(-c2ccccc2)cc1. The molecule has 0 aliphatic heterocycles. The molecule has 94 valence electrons. The fourth-order valence-corrected chi connectivity index (χ4v) is 2.06. The Morgan fingerprint density at radius 2 is 1.28 bits per heavy atom. The van der Waals surface area contributed by atoms with Gasteiger partial charge in [-0.1, -0.05) is 89.4 Å². The third-order valence-electron chi connectivity index (χ3n) is 2.76. The number of benzene rings is 2. The summed E-state index contributed by atoms with van der Waals surface area (Å²) in [5.41, 5.74) is 3.60. The summed E-state index contributed by atoms with van der Waals surface area (Å²) in [5, 5.41) is 0. The van der Waals surface area contributed by atoms with Gasteiger partial charge in [0.15, 0.2) is 3.79 Å². The van der Waals surface area contributed by atoms with Gasteiger partial charge in [0, 0.05) is 0 Å². The van der Waals surface area contributed by atoms with Crippen molar-refractivity contribution in [1.29, 1.82) is 0 Å². The number of hydrogen-bond acceptors (Lipinski definition) is 0. The minimum atomic E-state index is -1.17. The van der Waals surface area contributed by atoms with Crippen molar-refractivity contribution in [3.8, 4) is 11.1 Å². The van der Waals surface area contributed by atoms with E-state index < -0.39 is 3.79 Å². The molecule has 0 nitrogen and oxygen atoms in total. The van der Waals surface area contributed by atoms with Gasteiger partial charge in [-0.3, -0.25) is 0 Å². The molecule has 0 heterocycles. The maximum absolute atomic E-state index is 5.74. The summed E-state index contributed by atoms with van der Waals surface area (Å²) in [4.78, 5) is 0. The van der Waals surface area contributed by atoms with Gasteiger partial charge < -0.3 is 0 Å². The second-order valence-electron chi connectivity index (χ2n) is 4.18. The Hall–Kier alpha value is -0.690.